The highest BCUT2D eigenvalue weighted by atomic mass is 32.2. The molecular formula is C10H15N3O2S. The Kier molecular flexibility index (Phi) is 2.29. The molecule has 1 saturated heterocycles. The third kappa shape index (κ3) is 1.66. The Balaban J connectivity index is 1.93. The summed E-state index contributed by atoms with van der Waals surface area (Å²) >= 11 is 0. The van der Waals surface area contributed by atoms with Crippen molar-refractivity contribution in [1.82, 2.24) is 15.1 Å². The second kappa shape index (κ2) is 3.56. The molecule has 1 unspecified atom stereocenters. The van der Waals surface area contributed by atoms with E-state index in [4.69, 9.17) is 0 Å². The van der Waals surface area contributed by atoms with Gasteiger partial charge in [-0.2, -0.15) is 5.10 Å². The third-order valence-electron chi connectivity index (χ3n) is 3.40. The van der Waals surface area contributed by atoms with Crippen LogP contribution in [0.1, 0.15) is 23.7 Å². The molecule has 2 aliphatic heterocycles. The molecule has 1 aromatic rings. The zero-order chi connectivity index (χ0) is 11.2. The maximum Gasteiger partial charge on any atom is 0.152 e. The highest BCUT2D eigenvalue weighted by Gasteiger charge is 2.31. The first-order chi connectivity index (χ1) is 7.66. The highest BCUT2D eigenvalue weighted by molar-refractivity contribution is 7.91. The summed E-state index contributed by atoms with van der Waals surface area (Å²) in [6, 6.07) is 0.0497. The van der Waals surface area contributed by atoms with Crippen molar-refractivity contribution in [2.45, 2.75) is 25.4 Å². The maximum atomic E-state index is 11.4. The lowest BCUT2D eigenvalue weighted by molar-refractivity contribution is 0.463. The summed E-state index contributed by atoms with van der Waals surface area (Å²) in [4.78, 5) is 0. The largest absolute Gasteiger partial charge is 0.311 e. The van der Waals surface area contributed by atoms with Crippen molar-refractivity contribution in [2.75, 3.05) is 18.1 Å². The van der Waals surface area contributed by atoms with E-state index in [9.17, 15) is 8.42 Å². The van der Waals surface area contributed by atoms with Crippen molar-refractivity contribution in [3.63, 3.8) is 0 Å². The Labute approximate surface area is 94.8 Å². The van der Waals surface area contributed by atoms with Crippen molar-refractivity contribution in [3.05, 3.63) is 17.5 Å². The molecule has 16 heavy (non-hydrogen) atoms. The summed E-state index contributed by atoms with van der Waals surface area (Å²) in [5, 5.41) is 7.66. The number of rotatable bonds is 1. The van der Waals surface area contributed by atoms with Crippen molar-refractivity contribution >= 4 is 9.84 Å². The van der Waals surface area contributed by atoms with Crippen molar-refractivity contribution in [3.8, 4) is 0 Å². The predicted octanol–water partition coefficient (Wildman–Crippen LogP) is -0.112. The number of fused-ring (bicyclic) bond motifs is 1. The molecule has 0 spiro atoms. The monoisotopic (exact) mass is 241 g/mol. The van der Waals surface area contributed by atoms with Gasteiger partial charge in [-0.05, 0) is 24.9 Å². The van der Waals surface area contributed by atoms with Gasteiger partial charge in [0.25, 0.3) is 0 Å². The molecule has 1 aromatic heterocycles. The molecule has 0 radical (unpaired) electrons. The number of hydrogen-bond acceptors (Lipinski definition) is 4. The highest BCUT2D eigenvalue weighted by Crippen LogP contribution is 2.26. The Hall–Kier alpha value is -0.880. The number of nitrogens with one attached hydrogen (secondary N) is 1. The van der Waals surface area contributed by atoms with Crippen LogP contribution < -0.4 is 5.32 Å². The average molecular weight is 241 g/mol. The minimum Gasteiger partial charge on any atom is -0.311 e. The van der Waals surface area contributed by atoms with Crippen LogP contribution in [0.25, 0.3) is 0 Å². The van der Waals surface area contributed by atoms with Crippen LogP contribution in [0.15, 0.2) is 6.20 Å². The molecule has 1 fully saturated rings. The van der Waals surface area contributed by atoms with E-state index in [2.05, 4.69) is 10.4 Å². The molecule has 0 aromatic carbocycles. The van der Waals surface area contributed by atoms with Gasteiger partial charge < -0.3 is 5.32 Å². The van der Waals surface area contributed by atoms with Crippen LogP contribution in [-0.4, -0.2) is 36.2 Å². The summed E-state index contributed by atoms with van der Waals surface area (Å²) < 4.78 is 24.8. The topological polar surface area (TPSA) is 64.0 Å². The van der Waals surface area contributed by atoms with E-state index >= 15 is 0 Å². The summed E-state index contributed by atoms with van der Waals surface area (Å²) in [6.45, 7) is 1.80. The first-order valence-corrected chi connectivity index (χ1v) is 7.44. The molecule has 0 aliphatic carbocycles. The van der Waals surface area contributed by atoms with Gasteiger partial charge in [-0.3, -0.25) is 4.68 Å². The molecule has 5 nitrogen and oxygen atoms in total. The molecule has 1 N–H and O–H groups in total. The maximum absolute atomic E-state index is 11.4. The van der Waals surface area contributed by atoms with Crippen LogP contribution in [0.5, 0.6) is 0 Å². The standard InChI is InChI=1S/C10H15N3O2S/c14-16(15)4-2-9(7-16)13-10-6-11-3-1-8(10)5-12-13/h5,9,11H,1-4,6-7H2. The van der Waals surface area contributed by atoms with Crippen molar-refractivity contribution in [1.29, 1.82) is 0 Å². The van der Waals surface area contributed by atoms with Crippen LogP contribution >= 0.6 is 0 Å². The Morgan fingerprint density at radius 3 is 3.12 bits per heavy atom. The second-order valence-electron chi connectivity index (χ2n) is 4.54. The van der Waals surface area contributed by atoms with Gasteiger partial charge in [-0.1, -0.05) is 0 Å². The van der Waals surface area contributed by atoms with E-state index in [0.29, 0.717) is 12.2 Å². The zero-order valence-corrected chi connectivity index (χ0v) is 9.83. The van der Waals surface area contributed by atoms with E-state index < -0.39 is 9.84 Å². The third-order valence-corrected chi connectivity index (χ3v) is 5.15. The fourth-order valence-corrected chi connectivity index (χ4v) is 4.23. The van der Waals surface area contributed by atoms with Crippen LogP contribution in [0.3, 0.4) is 0 Å². The van der Waals surface area contributed by atoms with Gasteiger partial charge in [0.1, 0.15) is 0 Å². The van der Waals surface area contributed by atoms with E-state index in [1.165, 1.54) is 11.3 Å². The van der Waals surface area contributed by atoms with Crippen molar-refractivity contribution < 1.29 is 8.42 Å². The summed E-state index contributed by atoms with van der Waals surface area (Å²) in [5.41, 5.74) is 2.44. The normalized spacial score (nSPS) is 27.9. The summed E-state index contributed by atoms with van der Waals surface area (Å²) in [6.07, 6.45) is 3.59. The van der Waals surface area contributed by atoms with Gasteiger partial charge >= 0.3 is 0 Å². The number of sulfone groups is 1. The molecular weight excluding hydrogens is 226 g/mol. The first-order valence-electron chi connectivity index (χ1n) is 5.62. The molecule has 0 amide bonds. The summed E-state index contributed by atoms with van der Waals surface area (Å²) in [7, 11) is -2.83. The number of hydrogen-bond donors (Lipinski definition) is 1. The van der Waals surface area contributed by atoms with Gasteiger partial charge in [0, 0.05) is 6.54 Å². The quantitative estimate of drug-likeness (QED) is 0.745. The second-order valence-corrected chi connectivity index (χ2v) is 6.77. The SMILES string of the molecule is O=S1(=O)CCC(n2ncc3c2CNCC3)C1. The number of nitrogens with zero attached hydrogens (tertiary/aromatic N) is 2. The molecule has 0 bridgehead atoms. The molecule has 88 valence electrons. The van der Waals surface area contributed by atoms with Crippen LogP contribution in [-0.2, 0) is 22.8 Å². The Morgan fingerprint density at radius 2 is 2.38 bits per heavy atom. The molecule has 1 atom stereocenters. The Morgan fingerprint density at radius 1 is 1.50 bits per heavy atom. The molecule has 3 rings (SSSR count). The predicted molar refractivity (Wildman–Crippen MR) is 59.9 cm³/mol. The fourth-order valence-electron chi connectivity index (χ4n) is 2.54. The lowest BCUT2D eigenvalue weighted by atomic mass is 10.1. The molecule has 0 saturated carbocycles. The minimum atomic E-state index is -2.83. The van der Waals surface area contributed by atoms with E-state index in [1.807, 2.05) is 10.9 Å². The Bertz CT molecular complexity index is 506. The fraction of sp³-hybridized carbons (Fsp3) is 0.700. The number of aromatic nitrogens is 2. The molecule has 2 aliphatic rings. The van der Waals surface area contributed by atoms with Gasteiger partial charge in [-0.25, -0.2) is 8.42 Å². The van der Waals surface area contributed by atoms with Gasteiger partial charge in [0.15, 0.2) is 9.84 Å². The minimum absolute atomic E-state index is 0.0497. The smallest absolute Gasteiger partial charge is 0.152 e. The molecule has 6 heteroatoms. The first kappa shape index (κ1) is 10.3. The van der Waals surface area contributed by atoms with Gasteiger partial charge in [-0.15, -0.1) is 0 Å². The van der Waals surface area contributed by atoms with E-state index in [0.717, 1.165) is 19.5 Å². The van der Waals surface area contributed by atoms with Crippen molar-refractivity contribution in [2.24, 2.45) is 0 Å². The average Bonchev–Trinajstić information content (AvgIpc) is 2.81. The van der Waals surface area contributed by atoms with Crippen LogP contribution in [0.2, 0.25) is 0 Å². The molecule has 3 heterocycles. The van der Waals surface area contributed by atoms with E-state index in [-0.39, 0.29) is 11.8 Å². The van der Waals surface area contributed by atoms with Crippen LogP contribution in [0, 0.1) is 0 Å². The lowest BCUT2D eigenvalue weighted by Crippen LogP contribution is -2.26. The van der Waals surface area contributed by atoms with Crippen LogP contribution in [0.4, 0.5) is 0 Å². The van der Waals surface area contributed by atoms with Gasteiger partial charge in [0.2, 0.25) is 0 Å². The van der Waals surface area contributed by atoms with Gasteiger partial charge in [0.05, 0.1) is 29.4 Å². The summed E-state index contributed by atoms with van der Waals surface area (Å²) in [5.74, 6) is 0.556. The van der Waals surface area contributed by atoms with E-state index in [1.54, 1.807) is 0 Å². The zero-order valence-electron chi connectivity index (χ0n) is 9.02. The lowest BCUT2D eigenvalue weighted by Gasteiger charge is -2.18.